The van der Waals surface area contributed by atoms with Gasteiger partial charge in [0.05, 0.1) is 12.1 Å². The summed E-state index contributed by atoms with van der Waals surface area (Å²) in [5.74, 6) is -0.786. The largest absolute Gasteiger partial charge is 0.388 e. The minimum Gasteiger partial charge on any atom is -0.388 e. The molecule has 3 rings (SSSR count). The van der Waals surface area contributed by atoms with Gasteiger partial charge in [-0.1, -0.05) is 12.1 Å². The van der Waals surface area contributed by atoms with Gasteiger partial charge < -0.3 is 25.2 Å². The molecule has 126 valence electrons. The second-order valence-electron chi connectivity index (χ2n) is 5.37. The maximum atomic E-state index is 12.4. The number of hydrogen-bond acceptors (Lipinski definition) is 8. The van der Waals surface area contributed by atoms with Crippen LogP contribution in [0.15, 0.2) is 29.2 Å². The van der Waals surface area contributed by atoms with E-state index in [4.69, 9.17) is 4.74 Å². The first-order valence-electron chi connectivity index (χ1n) is 6.79. The van der Waals surface area contributed by atoms with Crippen LogP contribution in [-0.2, 0) is 14.8 Å². The quantitative estimate of drug-likeness (QED) is 0.465. The summed E-state index contributed by atoms with van der Waals surface area (Å²) >= 11 is 0. The van der Waals surface area contributed by atoms with E-state index in [2.05, 4.69) is 0 Å². The number of carbonyl (C=O) groups is 1. The van der Waals surface area contributed by atoms with Crippen molar-refractivity contribution >= 4 is 15.9 Å². The molecule has 1 saturated heterocycles. The Morgan fingerprint density at radius 1 is 1.04 bits per heavy atom. The molecule has 5 atom stereocenters. The van der Waals surface area contributed by atoms with Gasteiger partial charge in [-0.2, -0.15) is 0 Å². The van der Waals surface area contributed by atoms with Gasteiger partial charge in [-0.25, -0.2) is 12.7 Å². The lowest BCUT2D eigenvalue weighted by Gasteiger charge is -2.39. The predicted molar refractivity (Wildman–Crippen MR) is 73.6 cm³/mol. The lowest BCUT2D eigenvalue weighted by atomic mass is 9.99. The van der Waals surface area contributed by atoms with Gasteiger partial charge in [0, 0.05) is 0 Å². The third-order valence-corrected chi connectivity index (χ3v) is 5.75. The maximum absolute atomic E-state index is 12.4. The van der Waals surface area contributed by atoms with E-state index in [0.29, 0.717) is 4.31 Å². The Bertz CT molecular complexity index is 735. The minimum absolute atomic E-state index is 0.000990. The van der Waals surface area contributed by atoms with Crippen molar-refractivity contribution in [3.8, 4) is 0 Å². The molecule has 0 spiro atoms. The van der Waals surface area contributed by atoms with Crippen LogP contribution in [-0.4, -0.2) is 76.3 Å². The molecule has 1 aromatic rings. The summed E-state index contributed by atoms with van der Waals surface area (Å²) in [6.07, 6.45) is -8.31. The van der Waals surface area contributed by atoms with Gasteiger partial charge in [0.15, 0.2) is 6.29 Å². The number of nitrogens with zero attached hydrogens (tertiary/aromatic N) is 1. The van der Waals surface area contributed by atoms with Crippen molar-refractivity contribution < 1.29 is 38.4 Å². The van der Waals surface area contributed by atoms with E-state index in [1.54, 1.807) is 0 Å². The summed E-state index contributed by atoms with van der Waals surface area (Å²) in [7, 11) is -4.10. The second-order valence-corrected chi connectivity index (χ2v) is 7.21. The summed E-state index contributed by atoms with van der Waals surface area (Å²) < 4.78 is 30.2. The molecule has 1 amide bonds. The van der Waals surface area contributed by atoms with Crippen LogP contribution in [0.1, 0.15) is 10.4 Å². The highest BCUT2D eigenvalue weighted by atomic mass is 32.2. The normalized spacial score (nSPS) is 36.1. The predicted octanol–water partition coefficient (Wildman–Crippen LogP) is -2.37. The van der Waals surface area contributed by atoms with E-state index >= 15 is 0 Å². The first-order chi connectivity index (χ1) is 10.7. The Kier molecular flexibility index (Phi) is 3.91. The fraction of sp³-hybridized carbons (Fsp3) is 0.462. The van der Waals surface area contributed by atoms with Crippen molar-refractivity contribution in [2.24, 2.45) is 0 Å². The summed E-state index contributed by atoms with van der Waals surface area (Å²) in [6, 6.07) is 5.64. The van der Waals surface area contributed by atoms with Crippen LogP contribution >= 0.6 is 0 Å². The Balaban J connectivity index is 1.88. The number of ether oxygens (including phenoxy) is 1. The van der Waals surface area contributed by atoms with Gasteiger partial charge in [0.2, 0.25) is 0 Å². The standard InChI is InChI=1S/C13H15NO8S/c15-9-7(22-13(19)11(17)10(9)16)5-14-12(18)6-3-1-2-4-8(6)23(14,20)21/h1-4,7,9-11,13,15-17,19H,5H2/t7-,9+,10+,11-,13?/m1/s1. The molecule has 1 aromatic carbocycles. The van der Waals surface area contributed by atoms with Gasteiger partial charge in [0.1, 0.15) is 29.3 Å². The number of aliphatic hydroxyl groups is 4. The van der Waals surface area contributed by atoms with E-state index in [0.717, 1.165) is 0 Å². The third kappa shape index (κ3) is 2.43. The zero-order chi connectivity index (χ0) is 16.9. The number of sulfonamides is 1. The number of amides is 1. The van der Waals surface area contributed by atoms with E-state index in [-0.39, 0.29) is 10.5 Å². The molecule has 2 aliphatic rings. The van der Waals surface area contributed by atoms with E-state index in [9.17, 15) is 33.6 Å². The van der Waals surface area contributed by atoms with Gasteiger partial charge in [-0.05, 0) is 12.1 Å². The number of fused-ring (bicyclic) bond motifs is 1. The van der Waals surface area contributed by atoms with Crippen molar-refractivity contribution in [2.45, 2.75) is 35.6 Å². The highest BCUT2D eigenvalue weighted by Gasteiger charge is 2.48. The van der Waals surface area contributed by atoms with Gasteiger partial charge in [-0.15, -0.1) is 0 Å². The Labute approximate surface area is 131 Å². The smallest absolute Gasteiger partial charge is 0.269 e. The average molecular weight is 345 g/mol. The molecular weight excluding hydrogens is 330 g/mol. The summed E-state index contributed by atoms with van der Waals surface area (Å²) in [5.41, 5.74) is -0.000990. The van der Waals surface area contributed by atoms with Gasteiger partial charge >= 0.3 is 0 Å². The van der Waals surface area contributed by atoms with Crippen LogP contribution in [0.5, 0.6) is 0 Å². The second kappa shape index (κ2) is 5.51. The van der Waals surface area contributed by atoms with Crippen molar-refractivity contribution in [1.82, 2.24) is 4.31 Å². The molecule has 1 fully saturated rings. The summed E-state index contributed by atoms with van der Waals surface area (Å²) in [6.45, 7) is -0.599. The summed E-state index contributed by atoms with van der Waals surface area (Å²) in [4.78, 5) is 12.1. The first-order valence-corrected chi connectivity index (χ1v) is 8.23. The van der Waals surface area contributed by atoms with Crippen LogP contribution in [0.25, 0.3) is 0 Å². The molecule has 0 aliphatic carbocycles. The van der Waals surface area contributed by atoms with Gasteiger partial charge in [0.25, 0.3) is 15.9 Å². The molecule has 23 heavy (non-hydrogen) atoms. The van der Waals surface area contributed by atoms with Crippen molar-refractivity contribution in [2.75, 3.05) is 6.54 Å². The molecule has 0 aromatic heterocycles. The lowest BCUT2D eigenvalue weighted by Crippen LogP contribution is -2.60. The molecule has 9 nitrogen and oxygen atoms in total. The van der Waals surface area contributed by atoms with Crippen LogP contribution in [0.4, 0.5) is 0 Å². The number of rotatable bonds is 2. The number of aliphatic hydroxyl groups excluding tert-OH is 4. The number of hydrogen-bond donors (Lipinski definition) is 4. The fourth-order valence-corrected chi connectivity index (χ4v) is 4.24. The van der Waals surface area contributed by atoms with Crippen molar-refractivity contribution in [3.05, 3.63) is 29.8 Å². The molecule has 4 N–H and O–H groups in total. The minimum atomic E-state index is -4.10. The highest BCUT2D eigenvalue weighted by molar-refractivity contribution is 7.90. The molecule has 0 saturated carbocycles. The zero-order valence-electron chi connectivity index (χ0n) is 11.7. The van der Waals surface area contributed by atoms with Crippen LogP contribution in [0.3, 0.4) is 0 Å². The Morgan fingerprint density at radius 2 is 1.70 bits per heavy atom. The zero-order valence-corrected chi connectivity index (χ0v) is 12.5. The number of benzene rings is 1. The lowest BCUT2D eigenvalue weighted by molar-refractivity contribution is -0.281. The highest BCUT2D eigenvalue weighted by Crippen LogP contribution is 2.31. The monoisotopic (exact) mass is 345 g/mol. The Hall–Kier alpha value is -1.56. The van der Waals surface area contributed by atoms with E-state index < -0.39 is 53.2 Å². The molecule has 10 heteroatoms. The van der Waals surface area contributed by atoms with Crippen molar-refractivity contribution in [1.29, 1.82) is 0 Å². The first kappa shape index (κ1) is 16.3. The maximum Gasteiger partial charge on any atom is 0.269 e. The molecule has 0 radical (unpaired) electrons. The SMILES string of the molecule is O=C1c2ccccc2S(=O)(=O)N1C[C@H]1OC(O)[C@H](O)[C@@H](O)[C@H]1O. The Morgan fingerprint density at radius 3 is 2.35 bits per heavy atom. The van der Waals surface area contributed by atoms with Crippen LogP contribution in [0.2, 0.25) is 0 Å². The average Bonchev–Trinajstić information content (AvgIpc) is 2.72. The molecule has 1 unspecified atom stereocenters. The molecular formula is C13H15NO8S. The van der Waals surface area contributed by atoms with Gasteiger partial charge in [-0.3, -0.25) is 4.79 Å². The fourth-order valence-electron chi connectivity index (χ4n) is 2.66. The number of carbonyl (C=O) groups excluding carboxylic acids is 1. The van der Waals surface area contributed by atoms with E-state index in [1.165, 1.54) is 24.3 Å². The van der Waals surface area contributed by atoms with E-state index in [1.807, 2.05) is 0 Å². The molecule has 0 bridgehead atoms. The van der Waals surface area contributed by atoms with Crippen molar-refractivity contribution in [3.63, 3.8) is 0 Å². The van der Waals surface area contributed by atoms with Crippen LogP contribution in [0, 0.1) is 0 Å². The topological polar surface area (TPSA) is 145 Å². The molecule has 2 aliphatic heterocycles. The third-order valence-electron chi connectivity index (χ3n) is 3.94. The molecule has 2 heterocycles. The van der Waals surface area contributed by atoms with Crippen LogP contribution < -0.4 is 0 Å². The summed E-state index contributed by atoms with van der Waals surface area (Å²) in [5, 5.41) is 38.4.